The summed E-state index contributed by atoms with van der Waals surface area (Å²) in [6.45, 7) is 4.58. The summed E-state index contributed by atoms with van der Waals surface area (Å²) < 4.78 is 5.14. The first-order valence-corrected chi connectivity index (χ1v) is 5.06. The van der Waals surface area contributed by atoms with Crippen molar-refractivity contribution < 1.29 is 9.84 Å². The number of ether oxygens (including phenoxy) is 1. The Kier molecular flexibility index (Phi) is 6.10. The monoisotopic (exact) mass is 188 g/mol. The quantitative estimate of drug-likeness (QED) is 0.464. The fraction of sp³-hybridized carbons (Fsp3) is 1.00. The summed E-state index contributed by atoms with van der Waals surface area (Å²) in [4.78, 5) is 0. The van der Waals surface area contributed by atoms with Crippen molar-refractivity contribution in [3.05, 3.63) is 0 Å². The number of aliphatic hydroxyl groups is 1. The summed E-state index contributed by atoms with van der Waals surface area (Å²) in [5.41, 5.74) is 0. The van der Waals surface area contributed by atoms with E-state index >= 15 is 0 Å². The lowest BCUT2D eigenvalue weighted by atomic mass is 10.2. The fourth-order valence-electron chi connectivity index (χ4n) is 1.48. The maximum atomic E-state index is 8.45. The summed E-state index contributed by atoms with van der Waals surface area (Å²) in [5.74, 6) is 0. The van der Waals surface area contributed by atoms with E-state index in [2.05, 4.69) is 10.6 Å². The lowest BCUT2D eigenvalue weighted by molar-refractivity contribution is 0.0904. The Morgan fingerprint density at radius 3 is 3.08 bits per heavy atom. The van der Waals surface area contributed by atoms with Crippen molar-refractivity contribution >= 4 is 0 Å². The van der Waals surface area contributed by atoms with Gasteiger partial charge in [0.15, 0.2) is 0 Å². The molecule has 1 fully saturated rings. The van der Waals surface area contributed by atoms with Crippen LogP contribution in [0.3, 0.4) is 0 Å². The van der Waals surface area contributed by atoms with E-state index in [1.165, 1.54) is 6.42 Å². The van der Waals surface area contributed by atoms with Crippen LogP contribution in [0.5, 0.6) is 0 Å². The van der Waals surface area contributed by atoms with Gasteiger partial charge in [-0.2, -0.15) is 0 Å². The minimum absolute atomic E-state index is 0.125. The zero-order chi connectivity index (χ0) is 9.36. The van der Waals surface area contributed by atoms with E-state index in [0.717, 1.165) is 32.7 Å². The largest absolute Gasteiger partial charge is 0.394 e. The third kappa shape index (κ3) is 5.21. The molecule has 0 aromatic carbocycles. The minimum atomic E-state index is 0.125. The molecule has 3 N–H and O–H groups in total. The van der Waals surface area contributed by atoms with Crippen molar-refractivity contribution in [2.24, 2.45) is 0 Å². The van der Waals surface area contributed by atoms with E-state index < -0.39 is 0 Å². The molecule has 1 aliphatic heterocycles. The first kappa shape index (κ1) is 10.9. The zero-order valence-corrected chi connectivity index (χ0v) is 8.09. The van der Waals surface area contributed by atoms with E-state index in [-0.39, 0.29) is 6.61 Å². The highest BCUT2D eigenvalue weighted by Crippen LogP contribution is 1.96. The first-order chi connectivity index (χ1) is 6.43. The molecule has 1 aliphatic rings. The van der Waals surface area contributed by atoms with Crippen LogP contribution in [-0.2, 0) is 4.74 Å². The summed E-state index contributed by atoms with van der Waals surface area (Å²) in [6.07, 6.45) is 2.26. The highest BCUT2D eigenvalue weighted by Gasteiger charge is 2.12. The lowest BCUT2D eigenvalue weighted by Gasteiger charge is -2.10. The van der Waals surface area contributed by atoms with Crippen molar-refractivity contribution in [3.63, 3.8) is 0 Å². The van der Waals surface area contributed by atoms with Gasteiger partial charge in [-0.05, 0) is 25.9 Å². The Morgan fingerprint density at radius 1 is 1.46 bits per heavy atom. The number of nitrogens with one attached hydrogen (secondary N) is 2. The summed E-state index contributed by atoms with van der Waals surface area (Å²) in [7, 11) is 0. The molecule has 1 rings (SSSR count). The van der Waals surface area contributed by atoms with Crippen LogP contribution in [0.15, 0.2) is 0 Å². The normalized spacial score (nSPS) is 22.4. The molecule has 0 amide bonds. The Bertz CT molecular complexity index is 116. The van der Waals surface area contributed by atoms with Gasteiger partial charge in [0.2, 0.25) is 0 Å². The van der Waals surface area contributed by atoms with Crippen molar-refractivity contribution in [2.75, 3.05) is 39.5 Å². The predicted octanol–water partition coefficient (Wildman–Crippen LogP) is -0.663. The van der Waals surface area contributed by atoms with Crippen LogP contribution in [0.4, 0.5) is 0 Å². The molecule has 0 aromatic rings. The number of rotatable bonds is 7. The van der Waals surface area contributed by atoms with Crippen molar-refractivity contribution in [2.45, 2.75) is 18.9 Å². The smallest absolute Gasteiger partial charge is 0.0697 e. The van der Waals surface area contributed by atoms with Crippen LogP contribution in [0.2, 0.25) is 0 Å². The van der Waals surface area contributed by atoms with Crippen LogP contribution in [-0.4, -0.2) is 50.6 Å². The second kappa shape index (κ2) is 7.26. The maximum Gasteiger partial charge on any atom is 0.0697 e. The Morgan fingerprint density at radius 2 is 2.38 bits per heavy atom. The first-order valence-electron chi connectivity index (χ1n) is 5.06. The van der Waals surface area contributed by atoms with Gasteiger partial charge in [-0.1, -0.05) is 0 Å². The molecule has 1 heterocycles. The van der Waals surface area contributed by atoms with Crippen LogP contribution < -0.4 is 10.6 Å². The predicted molar refractivity (Wildman–Crippen MR) is 51.8 cm³/mol. The topological polar surface area (TPSA) is 53.5 Å². The molecule has 0 saturated carbocycles. The Balaban J connectivity index is 1.78. The van der Waals surface area contributed by atoms with E-state index in [9.17, 15) is 0 Å². The number of hydrogen-bond acceptors (Lipinski definition) is 4. The van der Waals surface area contributed by atoms with Gasteiger partial charge in [0.25, 0.3) is 0 Å². The van der Waals surface area contributed by atoms with Crippen molar-refractivity contribution in [3.8, 4) is 0 Å². The highest BCUT2D eigenvalue weighted by atomic mass is 16.5. The van der Waals surface area contributed by atoms with Gasteiger partial charge in [-0.3, -0.25) is 0 Å². The van der Waals surface area contributed by atoms with E-state index in [0.29, 0.717) is 12.6 Å². The molecule has 0 aromatic heterocycles. The van der Waals surface area contributed by atoms with E-state index in [1.54, 1.807) is 0 Å². The van der Waals surface area contributed by atoms with Crippen molar-refractivity contribution in [1.82, 2.24) is 10.6 Å². The lowest BCUT2D eigenvalue weighted by Crippen LogP contribution is -2.32. The fourth-order valence-corrected chi connectivity index (χ4v) is 1.48. The zero-order valence-electron chi connectivity index (χ0n) is 8.09. The molecule has 4 heteroatoms. The molecule has 0 spiro atoms. The maximum absolute atomic E-state index is 8.45. The molecular formula is C9H20N2O2. The molecule has 0 aliphatic carbocycles. The highest BCUT2D eigenvalue weighted by molar-refractivity contribution is 4.76. The third-order valence-corrected chi connectivity index (χ3v) is 2.19. The molecular weight excluding hydrogens is 168 g/mol. The van der Waals surface area contributed by atoms with Crippen LogP contribution in [0.1, 0.15) is 12.8 Å². The molecule has 1 saturated heterocycles. The van der Waals surface area contributed by atoms with Gasteiger partial charge in [0, 0.05) is 19.2 Å². The molecule has 78 valence electrons. The second-order valence-corrected chi connectivity index (χ2v) is 3.33. The summed E-state index contributed by atoms with van der Waals surface area (Å²) in [6, 6.07) is 0.651. The Hall–Kier alpha value is -0.160. The molecule has 1 atom stereocenters. The average Bonchev–Trinajstić information content (AvgIpc) is 2.63. The standard InChI is InChI=1S/C9H20N2O2/c12-5-7-13-6-1-3-11-9-2-4-10-8-9/h9-12H,1-8H2. The molecule has 0 bridgehead atoms. The number of hydrogen-bond donors (Lipinski definition) is 3. The SMILES string of the molecule is OCCOCCCNC1CCNC1. The average molecular weight is 188 g/mol. The molecule has 0 radical (unpaired) electrons. The van der Waals surface area contributed by atoms with Crippen LogP contribution in [0.25, 0.3) is 0 Å². The number of aliphatic hydroxyl groups excluding tert-OH is 1. The van der Waals surface area contributed by atoms with Gasteiger partial charge < -0.3 is 20.5 Å². The van der Waals surface area contributed by atoms with Gasteiger partial charge >= 0.3 is 0 Å². The molecule has 13 heavy (non-hydrogen) atoms. The minimum Gasteiger partial charge on any atom is -0.394 e. The van der Waals surface area contributed by atoms with Gasteiger partial charge in [-0.15, -0.1) is 0 Å². The second-order valence-electron chi connectivity index (χ2n) is 3.33. The molecule has 1 unspecified atom stereocenters. The van der Waals surface area contributed by atoms with Gasteiger partial charge in [0.05, 0.1) is 13.2 Å². The van der Waals surface area contributed by atoms with E-state index in [1.807, 2.05) is 0 Å². The summed E-state index contributed by atoms with van der Waals surface area (Å²) >= 11 is 0. The van der Waals surface area contributed by atoms with Gasteiger partial charge in [-0.25, -0.2) is 0 Å². The van der Waals surface area contributed by atoms with E-state index in [4.69, 9.17) is 9.84 Å². The van der Waals surface area contributed by atoms with Crippen LogP contribution >= 0.6 is 0 Å². The molecule has 4 nitrogen and oxygen atoms in total. The van der Waals surface area contributed by atoms with Crippen molar-refractivity contribution in [1.29, 1.82) is 0 Å². The van der Waals surface area contributed by atoms with Gasteiger partial charge in [0.1, 0.15) is 0 Å². The van der Waals surface area contributed by atoms with Crippen LogP contribution in [0, 0.1) is 0 Å². The third-order valence-electron chi connectivity index (χ3n) is 2.19. The Labute approximate surface area is 79.7 Å². The summed E-state index contributed by atoms with van der Waals surface area (Å²) in [5, 5.41) is 15.2.